The van der Waals surface area contributed by atoms with E-state index in [1.165, 1.54) is 19.1 Å². The van der Waals surface area contributed by atoms with Crippen molar-refractivity contribution in [2.75, 3.05) is 20.8 Å². The lowest BCUT2D eigenvalue weighted by molar-refractivity contribution is -0.145. The van der Waals surface area contributed by atoms with Gasteiger partial charge in [0.2, 0.25) is 0 Å². The first-order valence-corrected chi connectivity index (χ1v) is 6.06. The van der Waals surface area contributed by atoms with Crippen LogP contribution in [0.3, 0.4) is 0 Å². The van der Waals surface area contributed by atoms with Crippen LogP contribution in [0.1, 0.15) is 27.2 Å². The summed E-state index contributed by atoms with van der Waals surface area (Å²) in [7, 11) is 2.82. The van der Waals surface area contributed by atoms with E-state index in [-0.39, 0.29) is 0 Å². The fourth-order valence-corrected chi connectivity index (χ4v) is 1.86. The van der Waals surface area contributed by atoms with Gasteiger partial charge in [0.15, 0.2) is 0 Å². The molecular weight excluding hydrogens is 250 g/mol. The summed E-state index contributed by atoms with van der Waals surface area (Å²) in [4.78, 5) is 25.1. The second-order valence-corrected chi connectivity index (χ2v) is 5.36. The van der Waals surface area contributed by atoms with Gasteiger partial charge in [0.25, 0.3) is 0 Å². The first-order chi connectivity index (χ1) is 8.78. The summed E-state index contributed by atoms with van der Waals surface area (Å²) >= 11 is 0. The molecule has 0 aromatic carbocycles. The van der Waals surface area contributed by atoms with Crippen molar-refractivity contribution < 1.29 is 23.8 Å². The fourth-order valence-electron chi connectivity index (χ4n) is 1.86. The molecule has 0 spiro atoms. The Labute approximate surface area is 113 Å². The van der Waals surface area contributed by atoms with Crippen LogP contribution in [0.2, 0.25) is 0 Å². The summed E-state index contributed by atoms with van der Waals surface area (Å²) < 4.78 is 14.9. The number of carbonyl (C=O) groups excluding carboxylic acids is 2. The topological polar surface area (TPSA) is 65.1 Å². The molecule has 1 aliphatic rings. The fraction of sp³-hybridized carbons (Fsp3) is 0.692. The van der Waals surface area contributed by atoms with Crippen molar-refractivity contribution in [3.63, 3.8) is 0 Å². The second-order valence-electron chi connectivity index (χ2n) is 5.36. The Balaban J connectivity index is 2.86. The maximum atomic E-state index is 12.1. The molecule has 1 atom stereocenters. The van der Waals surface area contributed by atoms with Crippen molar-refractivity contribution in [3.05, 3.63) is 11.8 Å². The van der Waals surface area contributed by atoms with Gasteiger partial charge in [0.1, 0.15) is 11.6 Å². The van der Waals surface area contributed by atoms with E-state index in [1.54, 1.807) is 27.0 Å². The first kappa shape index (κ1) is 15.3. The van der Waals surface area contributed by atoms with Crippen LogP contribution in [-0.2, 0) is 19.0 Å². The largest absolute Gasteiger partial charge is 0.504 e. The number of ether oxygens (including phenoxy) is 3. The number of carbonyl (C=O) groups is 2. The van der Waals surface area contributed by atoms with Crippen molar-refractivity contribution >= 4 is 12.1 Å². The molecule has 1 rings (SSSR count). The lowest BCUT2D eigenvalue weighted by Crippen LogP contribution is -2.43. The molecule has 1 heterocycles. The van der Waals surface area contributed by atoms with Gasteiger partial charge in [0.05, 0.1) is 20.5 Å². The molecule has 108 valence electrons. The van der Waals surface area contributed by atoms with Crippen LogP contribution in [0.5, 0.6) is 0 Å². The third-order valence-electron chi connectivity index (χ3n) is 2.59. The van der Waals surface area contributed by atoms with Crippen molar-refractivity contribution in [1.29, 1.82) is 0 Å². The molecule has 1 amide bonds. The number of hydrogen-bond donors (Lipinski definition) is 0. The third kappa shape index (κ3) is 4.15. The van der Waals surface area contributed by atoms with Crippen molar-refractivity contribution in [2.45, 2.75) is 38.8 Å². The highest BCUT2D eigenvalue weighted by Gasteiger charge is 2.39. The molecule has 6 heteroatoms. The molecule has 0 bridgehead atoms. The zero-order valence-electron chi connectivity index (χ0n) is 12.1. The molecule has 1 aliphatic heterocycles. The number of nitrogens with zero attached hydrogens (tertiary/aromatic N) is 1. The molecule has 0 N–H and O–H groups in total. The number of hydrogen-bond acceptors (Lipinski definition) is 5. The molecule has 19 heavy (non-hydrogen) atoms. The Morgan fingerprint density at radius 2 is 1.95 bits per heavy atom. The van der Waals surface area contributed by atoms with Crippen molar-refractivity contribution in [1.82, 2.24) is 4.90 Å². The maximum absolute atomic E-state index is 12.1. The van der Waals surface area contributed by atoms with Crippen LogP contribution in [-0.4, -0.2) is 49.4 Å². The summed E-state index contributed by atoms with van der Waals surface area (Å²) in [6.07, 6.45) is 1.42. The van der Waals surface area contributed by atoms with Crippen LogP contribution in [0.15, 0.2) is 11.8 Å². The van der Waals surface area contributed by atoms with Crippen molar-refractivity contribution in [3.8, 4) is 0 Å². The molecule has 0 saturated carbocycles. The van der Waals surface area contributed by atoms with Gasteiger partial charge in [0, 0.05) is 13.0 Å². The van der Waals surface area contributed by atoms with E-state index < -0.39 is 23.7 Å². The standard InChI is InChI=1S/C13H21NO5/c1-13(2,3)19-12(16)14-7-9(8-17-4)6-10(14)11(15)18-5/h8,10H,6-7H2,1-5H3. The van der Waals surface area contributed by atoms with Gasteiger partial charge in [-0.2, -0.15) is 0 Å². The van der Waals surface area contributed by atoms with Gasteiger partial charge in [-0.25, -0.2) is 9.59 Å². The summed E-state index contributed by atoms with van der Waals surface area (Å²) in [6.45, 7) is 5.64. The lowest BCUT2D eigenvalue weighted by atomic mass is 10.2. The Morgan fingerprint density at radius 1 is 1.32 bits per heavy atom. The summed E-state index contributed by atoms with van der Waals surface area (Å²) in [6, 6.07) is -0.652. The summed E-state index contributed by atoms with van der Waals surface area (Å²) in [5.41, 5.74) is 0.245. The second kappa shape index (κ2) is 5.95. The maximum Gasteiger partial charge on any atom is 0.411 e. The van der Waals surface area contributed by atoms with E-state index in [2.05, 4.69) is 0 Å². The van der Waals surface area contributed by atoms with E-state index in [0.717, 1.165) is 5.57 Å². The average molecular weight is 271 g/mol. The van der Waals surface area contributed by atoms with Gasteiger partial charge >= 0.3 is 12.1 Å². The Morgan fingerprint density at radius 3 is 2.42 bits per heavy atom. The molecule has 1 unspecified atom stereocenters. The summed E-state index contributed by atoms with van der Waals surface area (Å²) in [5, 5.41) is 0. The molecule has 1 saturated heterocycles. The Kier molecular flexibility index (Phi) is 4.80. The van der Waals surface area contributed by atoms with Crippen LogP contribution in [0, 0.1) is 0 Å². The monoisotopic (exact) mass is 271 g/mol. The minimum atomic E-state index is -0.652. The highest BCUT2D eigenvalue weighted by Crippen LogP contribution is 2.25. The zero-order chi connectivity index (χ0) is 14.6. The average Bonchev–Trinajstić information content (AvgIpc) is 2.70. The van der Waals surface area contributed by atoms with E-state index in [4.69, 9.17) is 14.2 Å². The Hall–Kier alpha value is -1.72. The molecule has 0 aromatic heterocycles. The smallest absolute Gasteiger partial charge is 0.411 e. The lowest BCUT2D eigenvalue weighted by Gasteiger charge is -2.27. The van der Waals surface area contributed by atoms with E-state index in [9.17, 15) is 9.59 Å². The van der Waals surface area contributed by atoms with Gasteiger partial charge in [-0.1, -0.05) is 0 Å². The van der Waals surface area contributed by atoms with Gasteiger partial charge in [-0.05, 0) is 26.3 Å². The quantitative estimate of drug-likeness (QED) is 0.565. The number of methoxy groups -OCH3 is 2. The summed E-state index contributed by atoms with van der Waals surface area (Å²) in [5.74, 6) is -0.453. The predicted molar refractivity (Wildman–Crippen MR) is 68.5 cm³/mol. The van der Waals surface area contributed by atoms with Crippen molar-refractivity contribution in [2.24, 2.45) is 0 Å². The molecule has 1 fully saturated rings. The normalized spacial score (nSPS) is 21.4. The highest BCUT2D eigenvalue weighted by molar-refractivity contribution is 5.83. The number of likely N-dealkylation sites (tertiary alicyclic amines) is 1. The highest BCUT2D eigenvalue weighted by atomic mass is 16.6. The molecule has 0 aliphatic carbocycles. The van der Waals surface area contributed by atoms with Gasteiger partial charge in [-0.3, -0.25) is 4.90 Å². The van der Waals surface area contributed by atoms with Gasteiger partial charge in [-0.15, -0.1) is 0 Å². The zero-order valence-corrected chi connectivity index (χ0v) is 12.1. The van der Waals surface area contributed by atoms with Crippen LogP contribution in [0.4, 0.5) is 4.79 Å². The van der Waals surface area contributed by atoms with E-state index >= 15 is 0 Å². The minimum absolute atomic E-state index is 0.308. The van der Waals surface area contributed by atoms with Crippen LogP contribution >= 0.6 is 0 Å². The predicted octanol–water partition coefficient (Wildman–Crippen LogP) is 1.70. The Bertz CT molecular complexity index is 383. The van der Waals surface area contributed by atoms with E-state index in [1.807, 2.05) is 0 Å². The number of amides is 1. The number of rotatable bonds is 2. The minimum Gasteiger partial charge on any atom is -0.504 e. The molecule has 6 nitrogen and oxygen atoms in total. The SMILES string of the molecule is COC=C1CC(C(=O)OC)N(C(=O)OC(C)(C)C)C1. The van der Waals surface area contributed by atoms with Crippen LogP contribution in [0.25, 0.3) is 0 Å². The number of esters is 1. The third-order valence-corrected chi connectivity index (χ3v) is 2.59. The molecular formula is C13H21NO5. The first-order valence-electron chi connectivity index (χ1n) is 6.06. The molecule has 0 radical (unpaired) electrons. The van der Waals surface area contributed by atoms with Gasteiger partial charge < -0.3 is 14.2 Å². The van der Waals surface area contributed by atoms with Crippen LogP contribution < -0.4 is 0 Å². The van der Waals surface area contributed by atoms with E-state index in [0.29, 0.717) is 13.0 Å². The molecule has 0 aromatic rings.